The van der Waals surface area contributed by atoms with Crippen LogP contribution in [-0.2, 0) is 13.1 Å². The Kier molecular flexibility index (Phi) is 5.07. The highest BCUT2D eigenvalue weighted by Gasteiger charge is 2.17. The number of aromatic nitrogens is 2. The van der Waals surface area contributed by atoms with Crippen LogP contribution >= 0.6 is 0 Å². The van der Waals surface area contributed by atoms with Gasteiger partial charge in [0.15, 0.2) is 0 Å². The molecule has 1 heterocycles. The lowest BCUT2D eigenvalue weighted by Gasteiger charge is -2.09. The van der Waals surface area contributed by atoms with Crippen molar-refractivity contribution >= 4 is 11.6 Å². The molecule has 26 heavy (non-hydrogen) atoms. The maximum Gasteiger partial charge on any atom is 0.273 e. The van der Waals surface area contributed by atoms with E-state index in [9.17, 15) is 14.9 Å². The van der Waals surface area contributed by atoms with Crippen LogP contribution in [0.2, 0.25) is 0 Å². The van der Waals surface area contributed by atoms with E-state index in [1.807, 2.05) is 35.0 Å². The van der Waals surface area contributed by atoms with Gasteiger partial charge in [0.1, 0.15) is 0 Å². The van der Waals surface area contributed by atoms with E-state index in [0.29, 0.717) is 24.2 Å². The molecule has 0 saturated carbocycles. The van der Waals surface area contributed by atoms with Gasteiger partial charge in [-0.15, -0.1) is 0 Å². The molecule has 0 radical (unpaired) electrons. The molecule has 0 spiro atoms. The predicted octanol–water partition coefficient (Wildman–Crippen LogP) is 3.08. The third kappa shape index (κ3) is 3.94. The fourth-order valence-corrected chi connectivity index (χ4v) is 2.77. The van der Waals surface area contributed by atoms with Gasteiger partial charge < -0.3 is 9.88 Å². The Hall–Kier alpha value is -3.48. The first kappa shape index (κ1) is 17.3. The van der Waals surface area contributed by atoms with Crippen LogP contribution in [0.25, 0.3) is 0 Å². The SMILES string of the molecule is Cc1c(C(=O)NCc2cccc(Cn3ccnc3)c2)cccc1[N+](=O)[O-]. The molecule has 7 heteroatoms. The molecule has 3 rings (SSSR count). The Morgan fingerprint density at radius 3 is 2.73 bits per heavy atom. The van der Waals surface area contributed by atoms with E-state index in [2.05, 4.69) is 10.3 Å². The number of nitro benzene ring substituents is 1. The van der Waals surface area contributed by atoms with Gasteiger partial charge in [-0.2, -0.15) is 0 Å². The van der Waals surface area contributed by atoms with Gasteiger partial charge in [-0.05, 0) is 24.1 Å². The summed E-state index contributed by atoms with van der Waals surface area (Å²) in [6.45, 7) is 2.63. The van der Waals surface area contributed by atoms with E-state index in [-0.39, 0.29) is 11.6 Å². The van der Waals surface area contributed by atoms with E-state index in [0.717, 1.165) is 11.1 Å². The summed E-state index contributed by atoms with van der Waals surface area (Å²) in [5.41, 5.74) is 2.68. The van der Waals surface area contributed by atoms with Crippen molar-refractivity contribution in [2.24, 2.45) is 0 Å². The first-order chi connectivity index (χ1) is 12.5. The Morgan fingerprint density at radius 1 is 1.23 bits per heavy atom. The zero-order chi connectivity index (χ0) is 18.5. The van der Waals surface area contributed by atoms with Crippen molar-refractivity contribution in [2.75, 3.05) is 0 Å². The number of amides is 1. The van der Waals surface area contributed by atoms with Crippen LogP contribution in [0.5, 0.6) is 0 Å². The van der Waals surface area contributed by atoms with Crippen molar-refractivity contribution in [3.8, 4) is 0 Å². The molecule has 1 N–H and O–H groups in total. The summed E-state index contributed by atoms with van der Waals surface area (Å²) in [5.74, 6) is -0.328. The largest absolute Gasteiger partial charge is 0.348 e. The van der Waals surface area contributed by atoms with Crippen molar-refractivity contribution < 1.29 is 9.72 Å². The van der Waals surface area contributed by atoms with Gasteiger partial charge in [0, 0.05) is 42.7 Å². The summed E-state index contributed by atoms with van der Waals surface area (Å²) in [7, 11) is 0. The molecule has 0 aliphatic heterocycles. The molecule has 3 aromatic rings. The third-order valence-electron chi connectivity index (χ3n) is 4.12. The van der Waals surface area contributed by atoms with E-state index < -0.39 is 4.92 Å². The minimum Gasteiger partial charge on any atom is -0.348 e. The molecule has 1 amide bonds. The molecule has 0 saturated heterocycles. The molecule has 2 aromatic carbocycles. The van der Waals surface area contributed by atoms with E-state index in [1.165, 1.54) is 12.1 Å². The van der Waals surface area contributed by atoms with E-state index in [1.54, 1.807) is 25.5 Å². The summed E-state index contributed by atoms with van der Waals surface area (Å²) in [6, 6.07) is 12.4. The Labute approximate surface area is 150 Å². The first-order valence-corrected chi connectivity index (χ1v) is 8.10. The summed E-state index contributed by atoms with van der Waals surface area (Å²) >= 11 is 0. The second-order valence-corrected chi connectivity index (χ2v) is 5.94. The number of nitro groups is 1. The number of hydrogen-bond acceptors (Lipinski definition) is 4. The molecule has 0 aliphatic carbocycles. The zero-order valence-electron chi connectivity index (χ0n) is 14.3. The summed E-state index contributed by atoms with van der Waals surface area (Å²) in [5, 5.41) is 13.8. The second kappa shape index (κ2) is 7.60. The summed E-state index contributed by atoms with van der Waals surface area (Å²) in [6.07, 6.45) is 5.37. The number of carbonyl (C=O) groups excluding carboxylic acids is 1. The number of hydrogen-bond donors (Lipinski definition) is 1. The zero-order valence-corrected chi connectivity index (χ0v) is 14.3. The second-order valence-electron chi connectivity index (χ2n) is 5.94. The fraction of sp³-hybridized carbons (Fsp3) is 0.158. The third-order valence-corrected chi connectivity index (χ3v) is 4.12. The maximum atomic E-state index is 12.4. The molecule has 0 unspecified atom stereocenters. The van der Waals surface area contributed by atoms with E-state index in [4.69, 9.17) is 0 Å². The summed E-state index contributed by atoms with van der Waals surface area (Å²) in [4.78, 5) is 27.0. The average Bonchev–Trinajstić information content (AvgIpc) is 3.13. The van der Waals surface area contributed by atoms with Crippen LogP contribution in [0.3, 0.4) is 0 Å². The fourth-order valence-electron chi connectivity index (χ4n) is 2.77. The topological polar surface area (TPSA) is 90.1 Å². The van der Waals surface area contributed by atoms with Crippen LogP contribution < -0.4 is 5.32 Å². The van der Waals surface area contributed by atoms with Crippen molar-refractivity contribution in [3.63, 3.8) is 0 Å². The van der Waals surface area contributed by atoms with Crippen LogP contribution in [0.15, 0.2) is 61.2 Å². The van der Waals surface area contributed by atoms with Crippen molar-refractivity contribution in [2.45, 2.75) is 20.0 Å². The van der Waals surface area contributed by atoms with Crippen LogP contribution in [-0.4, -0.2) is 20.4 Å². The molecule has 7 nitrogen and oxygen atoms in total. The first-order valence-electron chi connectivity index (χ1n) is 8.10. The smallest absolute Gasteiger partial charge is 0.273 e. The molecular weight excluding hydrogens is 332 g/mol. The minimum absolute atomic E-state index is 0.0556. The maximum absolute atomic E-state index is 12.4. The van der Waals surface area contributed by atoms with Gasteiger partial charge in [-0.3, -0.25) is 14.9 Å². The van der Waals surface area contributed by atoms with Gasteiger partial charge in [-0.25, -0.2) is 4.98 Å². The molecule has 132 valence electrons. The number of nitrogens with one attached hydrogen (secondary N) is 1. The van der Waals surface area contributed by atoms with Crippen molar-refractivity contribution in [1.82, 2.24) is 14.9 Å². The highest BCUT2D eigenvalue weighted by Crippen LogP contribution is 2.21. The minimum atomic E-state index is -0.480. The average molecular weight is 350 g/mol. The van der Waals surface area contributed by atoms with Crippen LogP contribution in [0.4, 0.5) is 5.69 Å². The van der Waals surface area contributed by atoms with Crippen LogP contribution in [0, 0.1) is 17.0 Å². The highest BCUT2D eigenvalue weighted by molar-refractivity contribution is 5.96. The van der Waals surface area contributed by atoms with Gasteiger partial charge in [0.05, 0.1) is 11.3 Å². The molecule has 1 aromatic heterocycles. The number of rotatable bonds is 6. The lowest BCUT2D eigenvalue weighted by molar-refractivity contribution is -0.385. The standard InChI is InChI=1S/C19H18N4O3/c1-14-17(6-3-7-18(14)23(25)26)19(24)21-11-15-4-2-5-16(10-15)12-22-9-8-20-13-22/h2-10,13H,11-12H2,1H3,(H,21,24). The normalized spacial score (nSPS) is 10.5. The molecular formula is C19H18N4O3. The lowest BCUT2D eigenvalue weighted by atomic mass is 10.1. The number of nitrogens with zero attached hydrogens (tertiary/aromatic N) is 3. The Balaban J connectivity index is 1.68. The molecule has 0 aliphatic rings. The molecule has 0 bridgehead atoms. The van der Waals surface area contributed by atoms with Gasteiger partial charge in [0.25, 0.3) is 11.6 Å². The van der Waals surface area contributed by atoms with Gasteiger partial charge in [0.2, 0.25) is 0 Å². The Morgan fingerprint density at radius 2 is 2.00 bits per heavy atom. The van der Waals surface area contributed by atoms with Crippen molar-refractivity contribution in [3.05, 3.63) is 93.6 Å². The lowest BCUT2D eigenvalue weighted by Crippen LogP contribution is -2.24. The summed E-state index contributed by atoms with van der Waals surface area (Å²) < 4.78 is 1.96. The highest BCUT2D eigenvalue weighted by atomic mass is 16.6. The number of benzene rings is 2. The van der Waals surface area contributed by atoms with Gasteiger partial charge >= 0.3 is 0 Å². The molecule has 0 atom stereocenters. The monoisotopic (exact) mass is 350 g/mol. The quantitative estimate of drug-likeness (QED) is 0.546. The number of imidazole rings is 1. The Bertz CT molecular complexity index is 936. The number of carbonyl (C=O) groups is 1. The predicted molar refractivity (Wildman–Crippen MR) is 96.8 cm³/mol. The van der Waals surface area contributed by atoms with Crippen molar-refractivity contribution in [1.29, 1.82) is 0 Å². The molecule has 0 fully saturated rings. The van der Waals surface area contributed by atoms with Gasteiger partial charge in [-0.1, -0.05) is 30.3 Å². The van der Waals surface area contributed by atoms with E-state index >= 15 is 0 Å². The van der Waals surface area contributed by atoms with Crippen LogP contribution in [0.1, 0.15) is 27.0 Å².